The van der Waals surface area contributed by atoms with Crippen molar-refractivity contribution in [2.75, 3.05) is 10.6 Å². The van der Waals surface area contributed by atoms with E-state index in [1.807, 2.05) is 13.8 Å². The van der Waals surface area contributed by atoms with E-state index in [4.69, 9.17) is 5.11 Å². The minimum atomic E-state index is -1.00. The van der Waals surface area contributed by atoms with E-state index >= 15 is 0 Å². The van der Waals surface area contributed by atoms with Crippen LogP contribution < -0.4 is 16.0 Å². The highest BCUT2D eigenvalue weighted by atomic mass is 16.4. The lowest BCUT2D eigenvalue weighted by molar-refractivity contribution is 0.0697. The Bertz CT molecular complexity index is 716. The maximum Gasteiger partial charge on any atom is 0.335 e. The molecule has 0 fully saturated rings. The number of benzene rings is 1. The Hall–Kier alpha value is -3.09. The molecule has 2 amide bonds. The van der Waals surface area contributed by atoms with E-state index in [0.29, 0.717) is 17.1 Å². The zero-order valence-corrected chi connectivity index (χ0v) is 12.8. The van der Waals surface area contributed by atoms with Gasteiger partial charge in [-0.05, 0) is 38.1 Å². The van der Waals surface area contributed by atoms with Crippen LogP contribution in [-0.2, 0) is 0 Å². The Kier molecular flexibility index (Phi) is 5.14. The van der Waals surface area contributed by atoms with Crippen molar-refractivity contribution < 1.29 is 14.7 Å². The van der Waals surface area contributed by atoms with E-state index in [1.165, 1.54) is 18.3 Å². The molecule has 120 valence electrons. The molecule has 0 spiro atoms. The highest BCUT2D eigenvalue weighted by Crippen LogP contribution is 2.24. The first kappa shape index (κ1) is 16.3. The van der Waals surface area contributed by atoms with E-state index < -0.39 is 5.97 Å². The number of hydrogen-bond donors (Lipinski definition) is 4. The average molecular weight is 314 g/mol. The smallest absolute Gasteiger partial charge is 0.335 e. The summed E-state index contributed by atoms with van der Waals surface area (Å²) >= 11 is 0. The van der Waals surface area contributed by atoms with Gasteiger partial charge < -0.3 is 21.1 Å². The number of carboxylic acids is 1. The van der Waals surface area contributed by atoms with Crippen LogP contribution in [0, 0.1) is 0 Å². The average Bonchev–Trinajstić information content (AvgIpc) is 2.48. The van der Waals surface area contributed by atoms with Crippen molar-refractivity contribution >= 4 is 29.1 Å². The van der Waals surface area contributed by atoms with E-state index in [2.05, 4.69) is 20.9 Å². The van der Waals surface area contributed by atoms with Crippen LogP contribution in [0.3, 0.4) is 0 Å². The summed E-state index contributed by atoms with van der Waals surface area (Å²) in [6.45, 7) is 3.72. The molecular formula is C16H18N4O3. The summed E-state index contributed by atoms with van der Waals surface area (Å²) < 4.78 is 0. The van der Waals surface area contributed by atoms with E-state index in [-0.39, 0.29) is 17.6 Å². The van der Waals surface area contributed by atoms with Crippen molar-refractivity contribution in [2.24, 2.45) is 0 Å². The number of aromatic carboxylic acids is 1. The molecule has 0 saturated heterocycles. The third-order valence-electron chi connectivity index (χ3n) is 2.88. The van der Waals surface area contributed by atoms with Gasteiger partial charge in [0.15, 0.2) is 0 Å². The number of amides is 2. The van der Waals surface area contributed by atoms with Gasteiger partial charge in [-0.3, -0.25) is 4.98 Å². The summed E-state index contributed by atoms with van der Waals surface area (Å²) in [7, 11) is 0. The standard InChI is InChI=1S/C16H18N4O3/c1-10(2)18-16(23)20-14-9-17-7-6-13(14)19-12-5-3-4-11(8-12)15(21)22/h3-10H,1-2H3,(H,17,19)(H,21,22)(H2,18,20,23). The van der Waals surface area contributed by atoms with E-state index in [9.17, 15) is 9.59 Å². The number of carboxylic acid groups (broad SMARTS) is 1. The Labute approximate surface area is 133 Å². The molecule has 0 aliphatic carbocycles. The molecule has 7 nitrogen and oxygen atoms in total. The number of carbonyl (C=O) groups is 2. The number of carbonyl (C=O) groups excluding carboxylic acids is 1. The fourth-order valence-corrected chi connectivity index (χ4v) is 1.91. The summed E-state index contributed by atoms with van der Waals surface area (Å²) in [6.07, 6.45) is 3.10. The number of pyridine rings is 1. The van der Waals surface area contributed by atoms with Crippen molar-refractivity contribution in [3.8, 4) is 0 Å². The fourth-order valence-electron chi connectivity index (χ4n) is 1.91. The normalized spacial score (nSPS) is 10.2. The second kappa shape index (κ2) is 7.26. The largest absolute Gasteiger partial charge is 0.478 e. The zero-order valence-electron chi connectivity index (χ0n) is 12.8. The predicted octanol–water partition coefficient (Wildman–Crippen LogP) is 3.05. The molecule has 0 atom stereocenters. The number of aromatic nitrogens is 1. The van der Waals surface area contributed by atoms with Gasteiger partial charge in [0.2, 0.25) is 0 Å². The number of anilines is 3. The van der Waals surface area contributed by atoms with Gasteiger partial charge >= 0.3 is 12.0 Å². The zero-order chi connectivity index (χ0) is 16.8. The minimum absolute atomic E-state index is 0.00956. The minimum Gasteiger partial charge on any atom is -0.478 e. The SMILES string of the molecule is CC(C)NC(=O)Nc1cnccc1Nc1cccc(C(=O)O)c1. The molecular weight excluding hydrogens is 296 g/mol. The Morgan fingerprint density at radius 1 is 1.17 bits per heavy atom. The summed E-state index contributed by atoms with van der Waals surface area (Å²) in [5.74, 6) is -1.00. The van der Waals surface area contributed by atoms with E-state index in [0.717, 1.165) is 0 Å². The van der Waals surface area contributed by atoms with Gasteiger partial charge in [-0.2, -0.15) is 0 Å². The van der Waals surface area contributed by atoms with Crippen LogP contribution in [0.2, 0.25) is 0 Å². The molecule has 0 unspecified atom stereocenters. The Morgan fingerprint density at radius 3 is 2.65 bits per heavy atom. The molecule has 0 saturated carbocycles. The molecule has 2 aromatic rings. The molecule has 1 aromatic carbocycles. The van der Waals surface area contributed by atoms with Crippen LogP contribution in [0.25, 0.3) is 0 Å². The van der Waals surface area contributed by atoms with Gasteiger partial charge in [0.1, 0.15) is 0 Å². The molecule has 0 aliphatic heterocycles. The number of nitrogens with one attached hydrogen (secondary N) is 3. The molecule has 4 N–H and O–H groups in total. The van der Waals surface area contributed by atoms with Crippen molar-refractivity contribution in [1.29, 1.82) is 0 Å². The van der Waals surface area contributed by atoms with E-state index in [1.54, 1.807) is 24.4 Å². The molecule has 2 rings (SSSR count). The molecule has 23 heavy (non-hydrogen) atoms. The highest BCUT2D eigenvalue weighted by molar-refractivity contribution is 5.94. The lowest BCUT2D eigenvalue weighted by atomic mass is 10.2. The molecule has 1 heterocycles. The molecule has 0 bridgehead atoms. The van der Waals surface area contributed by atoms with Crippen molar-refractivity contribution in [2.45, 2.75) is 19.9 Å². The molecule has 1 aromatic heterocycles. The summed E-state index contributed by atoms with van der Waals surface area (Å²) in [6, 6.07) is 7.77. The molecule has 7 heteroatoms. The topological polar surface area (TPSA) is 103 Å². The van der Waals surface area contributed by atoms with Crippen LogP contribution in [-0.4, -0.2) is 28.1 Å². The third kappa shape index (κ3) is 4.70. The first-order chi connectivity index (χ1) is 11.0. The highest BCUT2D eigenvalue weighted by Gasteiger charge is 2.09. The first-order valence-electron chi connectivity index (χ1n) is 7.07. The van der Waals surface area contributed by atoms with Crippen LogP contribution in [0.4, 0.5) is 21.9 Å². The number of nitrogens with zero attached hydrogens (tertiary/aromatic N) is 1. The van der Waals surface area contributed by atoms with Crippen LogP contribution >= 0.6 is 0 Å². The van der Waals surface area contributed by atoms with Gasteiger partial charge in [0, 0.05) is 17.9 Å². The third-order valence-corrected chi connectivity index (χ3v) is 2.88. The Balaban J connectivity index is 2.19. The summed E-state index contributed by atoms with van der Waals surface area (Å²) in [5, 5.41) is 17.5. The fraction of sp³-hybridized carbons (Fsp3) is 0.188. The van der Waals surface area contributed by atoms with Crippen LogP contribution in [0.5, 0.6) is 0 Å². The summed E-state index contributed by atoms with van der Waals surface area (Å²) in [5.41, 5.74) is 1.88. The first-order valence-corrected chi connectivity index (χ1v) is 7.07. The second-order valence-electron chi connectivity index (χ2n) is 5.19. The van der Waals surface area contributed by atoms with Gasteiger partial charge in [0.25, 0.3) is 0 Å². The van der Waals surface area contributed by atoms with Gasteiger partial charge in [0.05, 0.1) is 23.1 Å². The number of rotatable bonds is 5. The second-order valence-corrected chi connectivity index (χ2v) is 5.19. The quantitative estimate of drug-likeness (QED) is 0.679. The van der Waals surface area contributed by atoms with Gasteiger partial charge in [-0.1, -0.05) is 6.07 Å². The predicted molar refractivity (Wildman–Crippen MR) is 88.2 cm³/mol. The molecule has 0 aliphatic rings. The lowest BCUT2D eigenvalue weighted by Gasteiger charge is -2.14. The number of urea groups is 1. The lowest BCUT2D eigenvalue weighted by Crippen LogP contribution is -2.34. The van der Waals surface area contributed by atoms with Crippen molar-refractivity contribution in [3.63, 3.8) is 0 Å². The number of hydrogen-bond acceptors (Lipinski definition) is 4. The maximum atomic E-state index is 11.8. The van der Waals surface area contributed by atoms with Crippen molar-refractivity contribution in [3.05, 3.63) is 48.3 Å². The van der Waals surface area contributed by atoms with Crippen molar-refractivity contribution in [1.82, 2.24) is 10.3 Å². The Morgan fingerprint density at radius 2 is 1.96 bits per heavy atom. The van der Waals surface area contributed by atoms with Crippen LogP contribution in [0.15, 0.2) is 42.7 Å². The van der Waals surface area contributed by atoms with Crippen LogP contribution in [0.1, 0.15) is 24.2 Å². The molecule has 0 radical (unpaired) electrons. The summed E-state index contributed by atoms with van der Waals surface area (Å²) in [4.78, 5) is 26.8. The maximum absolute atomic E-state index is 11.8. The van der Waals surface area contributed by atoms with Gasteiger partial charge in [-0.15, -0.1) is 0 Å². The van der Waals surface area contributed by atoms with Gasteiger partial charge in [-0.25, -0.2) is 9.59 Å². The monoisotopic (exact) mass is 314 g/mol.